The minimum absolute atomic E-state index is 0.186. The number of nitrogens with one attached hydrogen (secondary N) is 1. The molecule has 3 N–H and O–H groups in total. The van der Waals surface area contributed by atoms with E-state index >= 15 is 0 Å². The number of carbonyl (C=O) groups is 1. The average Bonchev–Trinajstić information content (AvgIpc) is 2.81. The summed E-state index contributed by atoms with van der Waals surface area (Å²) in [6, 6.07) is 1.53. The number of aromatic nitrogens is 4. The molecule has 0 aliphatic carbocycles. The summed E-state index contributed by atoms with van der Waals surface area (Å²) in [6.45, 7) is 2.66. The zero-order valence-electron chi connectivity index (χ0n) is 9.59. The van der Waals surface area contributed by atoms with E-state index in [1.54, 1.807) is 12.4 Å². The van der Waals surface area contributed by atoms with Crippen molar-refractivity contribution in [3.05, 3.63) is 28.6 Å². The molecule has 2 aromatic rings. The molecule has 0 bridgehead atoms. The molecule has 1 amide bonds. The highest BCUT2D eigenvalue weighted by atomic mass is 79.9. The maximum Gasteiger partial charge on any atom is 0.269 e. The van der Waals surface area contributed by atoms with Crippen LogP contribution in [0.25, 0.3) is 5.82 Å². The largest absolute Gasteiger partial charge is 0.364 e. The van der Waals surface area contributed by atoms with Crippen LogP contribution in [0, 0.1) is 0 Å². The van der Waals surface area contributed by atoms with E-state index in [1.807, 2.05) is 6.92 Å². The molecule has 0 aliphatic rings. The van der Waals surface area contributed by atoms with Gasteiger partial charge in [-0.1, -0.05) is 0 Å². The highest BCUT2D eigenvalue weighted by molar-refractivity contribution is 9.10. The van der Waals surface area contributed by atoms with E-state index < -0.39 is 5.91 Å². The average molecular weight is 311 g/mol. The molecule has 0 saturated carbocycles. The van der Waals surface area contributed by atoms with Crippen molar-refractivity contribution in [2.45, 2.75) is 6.92 Å². The van der Waals surface area contributed by atoms with E-state index in [2.05, 4.69) is 36.3 Å². The van der Waals surface area contributed by atoms with E-state index in [4.69, 9.17) is 5.73 Å². The smallest absolute Gasteiger partial charge is 0.269 e. The van der Waals surface area contributed by atoms with Crippen LogP contribution in [-0.2, 0) is 0 Å². The van der Waals surface area contributed by atoms with Gasteiger partial charge in [0, 0.05) is 18.9 Å². The number of anilines is 1. The monoisotopic (exact) mass is 310 g/mol. The Labute approximate surface area is 112 Å². The minimum Gasteiger partial charge on any atom is -0.364 e. The Morgan fingerprint density at radius 1 is 1.61 bits per heavy atom. The molecular formula is C10H11BrN6O. The van der Waals surface area contributed by atoms with Gasteiger partial charge < -0.3 is 11.1 Å². The summed E-state index contributed by atoms with van der Waals surface area (Å²) in [5.41, 5.74) is 5.33. The van der Waals surface area contributed by atoms with Gasteiger partial charge in [-0.05, 0) is 28.9 Å². The quantitative estimate of drug-likeness (QED) is 0.876. The molecule has 7 nitrogen and oxygen atoms in total. The number of halogens is 1. The van der Waals surface area contributed by atoms with Gasteiger partial charge in [-0.3, -0.25) is 4.79 Å². The SMILES string of the molecule is CCNc1ncc(Br)c(-n2ccc(C(N)=O)n2)n1. The molecule has 2 aromatic heterocycles. The van der Waals surface area contributed by atoms with Crippen molar-refractivity contribution in [3.8, 4) is 5.82 Å². The van der Waals surface area contributed by atoms with Crippen molar-refractivity contribution in [1.82, 2.24) is 19.7 Å². The number of nitrogens with two attached hydrogens (primary N) is 1. The lowest BCUT2D eigenvalue weighted by molar-refractivity contribution is 0.0995. The van der Waals surface area contributed by atoms with Crippen LogP contribution in [0.15, 0.2) is 22.9 Å². The van der Waals surface area contributed by atoms with Crippen molar-refractivity contribution in [2.75, 3.05) is 11.9 Å². The second-order valence-electron chi connectivity index (χ2n) is 3.41. The van der Waals surface area contributed by atoms with Crippen LogP contribution >= 0.6 is 15.9 Å². The molecule has 0 atom stereocenters. The highest BCUT2D eigenvalue weighted by Gasteiger charge is 2.10. The number of primary amides is 1. The van der Waals surface area contributed by atoms with Crippen LogP contribution in [-0.4, -0.2) is 32.2 Å². The Hall–Kier alpha value is -1.96. The van der Waals surface area contributed by atoms with Crippen molar-refractivity contribution in [1.29, 1.82) is 0 Å². The second kappa shape index (κ2) is 5.13. The lowest BCUT2D eigenvalue weighted by Crippen LogP contribution is -2.13. The Morgan fingerprint density at radius 3 is 3.00 bits per heavy atom. The van der Waals surface area contributed by atoms with Gasteiger partial charge in [0.15, 0.2) is 5.82 Å². The summed E-state index contributed by atoms with van der Waals surface area (Å²) in [6.07, 6.45) is 3.23. The van der Waals surface area contributed by atoms with Gasteiger partial charge in [-0.25, -0.2) is 9.67 Å². The summed E-state index contributed by atoms with van der Waals surface area (Å²) in [4.78, 5) is 19.4. The Kier molecular flexibility index (Phi) is 3.56. The van der Waals surface area contributed by atoms with E-state index in [9.17, 15) is 4.79 Å². The fourth-order valence-corrected chi connectivity index (χ4v) is 1.71. The summed E-state index contributed by atoms with van der Waals surface area (Å²) in [7, 11) is 0. The highest BCUT2D eigenvalue weighted by Crippen LogP contribution is 2.18. The Balaban J connectivity index is 2.41. The van der Waals surface area contributed by atoms with Crippen molar-refractivity contribution < 1.29 is 4.79 Å². The zero-order valence-corrected chi connectivity index (χ0v) is 11.2. The standard InChI is InChI=1S/C10H11BrN6O/c1-2-13-10-14-5-6(11)9(15-10)17-4-3-7(16-17)8(12)18/h3-5H,2H2,1H3,(H2,12,18)(H,13,14,15). The number of nitrogens with zero attached hydrogens (tertiary/aromatic N) is 4. The summed E-state index contributed by atoms with van der Waals surface area (Å²) in [5.74, 6) is 0.450. The molecule has 2 rings (SSSR count). The summed E-state index contributed by atoms with van der Waals surface area (Å²) in [5, 5.41) is 7.03. The first-order chi connectivity index (χ1) is 8.61. The predicted molar refractivity (Wildman–Crippen MR) is 69.5 cm³/mol. The number of hydrogen-bond donors (Lipinski definition) is 2. The summed E-state index contributed by atoms with van der Waals surface area (Å²) < 4.78 is 2.13. The lowest BCUT2D eigenvalue weighted by atomic mass is 10.4. The van der Waals surface area contributed by atoms with Crippen LogP contribution in [0.2, 0.25) is 0 Å². The molecule has 0 radical (unpaired) electrons. The molecule has 0 fully saturated rings. The number of carbonyl (C=O) groups excluding carboxylic acids is 1. The van der Waals surface area contributed by atoms with E-state index in [-0.39, 0.29) is 5.69 Å². The van der Waals surface area contributed by atoms with Crippen molar-refractivity contribution >= 4 is 27.8 Å². The topological polar surface area (TPSA) is 98.7 Å². The Bertz CT molecular complexity index is 581. The summed E-state index contributed by atoms with van der Waals surface area (Å²) >= 11 is 3.33. The zero-order chi connectivity index (χ0) is 13.1. The molecule has 8 heteroatoms. The second-order valence-corrected chi connectivity index (χ2v) is 4.26. The van der Waals surface area contributed by atoms with Crippen LogP contribution in [0.3, 0.4) is 0 Å². The third-order valence-electron chi connectivity index (χ3n) is 2.12. The van der Waals surface area contributed by atoms with Crippen LogP contribution < -0.4 is 11.1 Å². The Morgan fingerprint density at radius 2 is 2.39 bits per heavy atom. The number of rotatable bonds is 4. The lowest BCUT2D eigenvalue weighted by Gasteiger charge is -2.06. The predicted octanol–water partition coefficient (Wildman–Crippen LogP) is 0.955. The van der Waals surface area contributed by atoms with Crippen molar-refractivity contribution in [3.63, 3.8) is 0 Å². The maximum atomic E-state index is 11.0. The normalized spacial score (nSPS) is 10.3. The first-order valence-electron chi connectivity index (χ1n) is 5.24. The van der Waals surface area contributed by atoms with Crippen LogP contribution in [0.1, 0.15) is 17.4 Å². The molecule has 0 aromatic carbocycles. The number of hydrogen-bond acceptors (Lipinski definition) is 5. The van der Waals surface area contributed by atoms with Gasteiger partial charge in [-0.15, -0.1) is 0 Å². The van der Waals surface area contributed by atoms with Gasteiger partial charge >= 0.3 is 0 Å². The molecule has 0 saturated heterocycles. The minimum atomic E-state index is -0.578. The van der Waals surface area contributed by atoms with E-state index in [0.29, 0.717) is 22.8 Å². The van der Waals surface area contributed by atoms with Crippen LogP contribution in [0.5, 0.6) is 0 Å². The van der Waals surface area contributed by atoms with Gasteiger partial charge in [0.2, 0.25) is 5.95 Å². The van der Waals surface area contributed by atoms with Crippen LogP contribution in [0.4, 0.5) is 5.95 Å². The van der Waals surface area contributed by atoms with Gasteiger partial charge in [0.25, 0.3) is 5.91 Å². The molecule has 0 unspecified atom stereocenters. The molecule has 94 valence electrons. The first kappa shape index (κ1) is 12.5. The molecule has 18 heavy (non-hydrogen) atoms. The van der Waals surface area contributed by atoms with Gasteiger partial charge in [0.05, 0.1) is 4.47 Å². The van der Waals surface area contributed by atoms with Gasteiger partial charge in [0.1, 0.15) is 5.69 Å². The first-order valence-corrected chi connectivity index (χ1v) is 6.03. The molecule has 0 spiro atoms. The molecule has 2 heterocycles. The van der Waals surface area contributed by atoms with E-state index in [0.717, 1.165) is 0 Å². The third kappa shape index (κ3) is 2.48. The van der Waals surface area contributed by atoms with Gasteiger partial charge in [-0.2, -0.15) is 10.1 Å². The fraction of sp³-hybridized carbons (Fsp3) is 0.200. The maximum absolute atomic E-state index is 11.0. The fourth-order valence-electron chi connectivity index (χ4n) is 1.34. The molecular weight excluding hydrogens is 300 g/mol. The number of amides is 1. The molecule has 0 aliphatic heterocycles. The third-order valence-corrected chi connectivity index (χ3v) is 2.68. The van der Waals surface area contributed by atoms with Crippen molar-refractivity contribution in [2.24, 2.45) is 5.73 Å². The van der Waals surface area contributed by atoms with E-state index in [1.165, 1.54) is 10.7 Å².